The fourth-order valence-electron chi connectivity index (χ4n) is 2.30. The summed E-state index contributed by atoms with van der Waals surface area (Å²) in [6.07, 6.45) is 5.32. The fourth-order valence-corrected chi connectivity index (χ4v) is 2.74. The van der Waals surface area contributed by atoms with Crippen molar-refractivity contribution in [2.24, 2.45) is 0 Å². The molecule has 4 heteroatoms. The van der Waals surface area contributed by atoms with Gasteiger partial charge in [-0.1, -0.05) is 19.1 Å². The van der Waals surface area contributed by atoms with Crippen LogP contribution in [-0.4, -0.2) is 10.5 Å². The number of hydrogen-bond acceptors (Lipinski definition) is 1. The molecule has 104 valence electrons. The van der Waals surface area contributed by atoms with Gasteiger partial charge in [-0.05, 0) is 59.0 Å². The molecule has 1 heterocycles. The van der Waals surface area contributed by atoms with E-state index in [9.17, 15) is 4.79 Å². The Bertz CT molecular complexity index is 626. The molecule has 2 aromatic rings. The van der Waals surface area contributed by atoms with E-state index in [2.05, 4.69) is 32.7 Å². The van der Waals surface area contributed by atoms with Crippen molar-refractivity contribution in [1.82, 2.24) is 4.57 Å². The first kappa shape index (κ1) is 13.4. The highest BCUT2D eigenvalue weighted by molar-refractivity contribution is 9.10. The van der Waals surface area contributed by atoms with Gasteiger partial charge in [0.1, 0.15) is 5.69 Å². The van der Waals surface area contributed by atoms with Gasteiger partial charge in [0.25, 0.3) is 5.91 Å². The first-order chi connectivity index (χ1) is 9.67. The largest absolute Gasteiger partial charge is 0.339 e. The minimum atomic E-state index is -0.0492. The lowest BCUT2D eigenvalue weighted by Crippen LogP contribution is -2.16. The molecule has 1 amide bonds. The third kappa shape index (κ3) is 2.80. The summed E-state index contributed by atoms with van der Waals surface area (Å²) >= 11 is 3.45. The third-order valence-electron chi connectivity index (χ3n) is 3.61. The van der Waals surface area contributed by atoms with E-state index in [1.165, 1.54) is 5.56 Å². The zero-order valence-corrected chi connectivity index (χ0v) is 13.0. The summed E-state index contributed by atoms with van der Waals surface area (Å²) in [4.78, 5) is 12.4. The van der Waals surface area contributed by atoms with E-state index in [0.29, 0.717) is 6.04 Å². The van der Waals surface area contributed by atoms with Crippen LogP contribution in [0.25, 0.3) is 0 Å². The number of hydrogen-bond donors (Lipinski definition) is 1. The van der Waals surface area contributed by atoms with E-state index in [1.54, 1.807) is 0 Å². The molecule has 3 nitrogen and oxygen atoms in total. The molecule has 0 aliphatic heterocycles. The number of nitrogens with zero attached hydrogens (tertiary/aromatic N) is 1. The van der Waals surface area contributed by atoms with Gasteiger partial charge in [-0.3, -0.25) is 4.79 Å². The average Bonchev–Trinajstić information content (AvgIpc) is 3.22. The summed E-state index contributed by atoms with van der Waals surface area (Å²) in [5.41, 5.74) is 2.83. The lowest BCUT2D eigenvalue weighted by molar-refractivity contribution is 0.101. The Kier molecular flexibility index (Phi) is 3.66. The van der Waals surface area contributed by atoms with Crippen LogP contribution >= 0.6 is 15.9 Å². The minimum absolute atomic E-state index is 0.0492. The zero-order chi connectivity index (χ0) is 14.1. The molecule has 0 atom stereocenters. The van der Waals surface area contributed by atoms with Crippen LogP contribution in [0.3, 0.4) is 0 Å². The number of rotatable bonds is 4. The third-order valence-corrected chi connectivity index (χ3v) is 4.04. The van der Waals surface area contributed by atoms with Crippen molar-refractivity contribution in [2.45, 2.75) is 32.2 Å². The van der Waals surface area contributed by atoms with Gasteiger partial charge in [0, 0.05) is 22.4 Å². The lowest BCUT2D eigenvalue weighted by atomic mass is 10.1. The van der Waals surface area contributed by atoms with Crippen molar-refractivity contribution < 1.29 is 4.79 Å². The highest BCUT2D eigenvalue weighted by Crippen LogP contribution is 2.37. The van der Waals surface area contributed by atoms with Crippen molar-refractivity contribution in [3.63, 3.8) is 0 Å². The predicted octanol–water partition coefficient (Wildman–Crippen LogP) is 4.40. The number of nitrogens with one attached hydrogen (secondary N) is 1. The molecular weight excluding hydrogens is 316 g/mol. The number of carbonyl (C=O) groups is 1. The van der Waals surface area contributed by atoms with Crippen LogP contribution in [0, 0.1) is 0 Å². The molecular formula is C16H17BrN2O. The van der Waals surface area contributed by atoms with Gasteiger partial charge >= 0.3 is 0 Å². The van der Waals surface area contributed by atoms with E-state index >= 15 is 0 Å². The molecule has 1 aromatic carbocycles. The van der Waals surface area contributed by atoms with Gasteiger partial charge < -0.3 is 9.88 Å². The monoisotopic (exact) mass is 332 g/mol. The van der Waals surface area contributed by atoms with Crippen molar-refractivity contribution >= 4 is 27.5 Å². The second kappa shape index (κ2) is 5.44. The highest BCUT2D eigenvalue weighted by Gasteiger charge is 2.27. The highest BCUT2D eigenvalue weighted by atomic mass is 79.9. The van der Waals surface area contributed by atoms with Gasteiger partial charge in [-0.15, -0.1) is 0 Å². The van der Waals surface area contributed by atoms with Gasteiger partial charge in [-0.2, -0.15) is 0 Å². The number of aryl methyl sites for hydroxylation is 1. The SMILES string of the molecule is CCc1ccc(NC(=O)c2cc(Br)cn2C2CC2)cc1. The molecule has 3 rings (SSSR count). The fraction of sp³-hybridized carbons (Fsp3) is 0.312. The Morgan fingerprint density at radius 1 is 1.35 bits per heavy atom. The number of carbonyl (C=O) groups excluding carboxylic acids is 1. The number of anilines is 1. The normalized spacial score (nSPS) is 14.3. The van der Waals surface area contributed by atoms with E-state index < -0.39 is 0 Å². The van der Waals surface area contributed by atoms with E-state index in [4.69, 9.17) is 0 Å². The molecule has 0 radical (unpaired) electrons. The molecule has 1 saturated carbocycles. The molecule has 0 unspecified atom stereocenters. The van der Waals surface area contributed by atoms with Crippen LogP contribution in [0.15, 0.2) is 41.0 Å². The standard InChI is InChI=1S/C16H17BrN2O/c1-2-11-3-5-13(6-4-11)18-16(20)15-9-12(17)10-19(15)14-7-8-14/h3-6,9-10,14H,2,7-8H2,1H3,(H,18,20). The number of halogens is 1. The summed E-state index contributed by atoms with van der Waals surface area (Å²) in [6.45, 7) is 2.12. The van der Waals surface area contributed by atoms with Crippen molar-refractivity contribution in [1.29, 1.82) is 0 Å². The van der Waals surface area contributed by atoms with Crippen LogP contribution in [0.5, 0.6) is 0 Å². The molecule has 1 aromatic heterocycles. The second-order valence-corrected chi connectivity index (χ2v) is 6.10. The Labute approximate surface area is 127 Å². The quantitative estimate of drug-likeness (QED) is 0.884. The maximum absolute atomic E-state index is 12.4. The lowest BCUT2D eigenvalue weighted by Gasteiger charge is -2.09. The summed E-state index contributed by atoms with van der Waals surface area (Å²) in [6, 6.07) is 10.4. The molecule has 1 aliphatic rings. The smallest absolute Gasteiger partial charge is 0.272 e. The van der Waals surface area contributed by atoms with E-state index in [0.717, 1.165) is 35.1 Å². The summed E-state index contributed by atoms with van der Waals surface area (Å²) in [5.74, 6) is -0.0492. The van der Waals surface area contributed by atoms with Gasteiger partial charge in [0.15, 0.2) is 0 Å². The second-order valence-electron chi connectivity index (χ2n) is 5.19. The van der Waals surface area contributed by atoms with Crippen molar-refractivity contribution in [2.75, 3.05) is 5.32 Å². The van der Waals surface area contributed by atoms with Gasteiger partial charge in [0.05, 0.1) is 0 Å². The Hall–Kier alpha value is -1.55. The van der Waals surface area contributed by atoms with E-state index in [1.807, 2.05) is 36.5 Å². The zero-order valence-electron chi connectivity index (χ0n) is 11.4. The molecule has 1 aliphatic carbocycles. The first-order valence-corrected chi connectivity index (χ1v) is 7.74. The molecule has 0 bridgehead atoms. The maximum atomic E-state index is 12.4. The minimum Gasteiger partial charge on any atom is -0.339 e. The Balaban J connectivity index is 1.78. The summed E-state index contributed by atoms with van der Waals surface area (Å²) in [5, 5.41) is 2.97. The van der Waals surface area contributed by atoms with Crippen LogP contribution < -0.4 is 5.32 Å². The van der Waals surface area contributed by atoms with Crippen molar-refractivity contribution in [3.8, 4) is 0 Å². The number of amides is 1. The van der Waals surface area contributed by atoms with Gasteiger partial charge in [0.2, 0.25) is 0 Å². The van der Waals surface area contributed by atoms with Crippen LogP contribution in [0.1, 0.15) is 41.9 Å². The summed E-state index contributed by atoms with van der Waals surface area (Å²) in [7, 11) is 0. The Morgan fingerprint density at radius 2 is 2.05 bits per heavy atom. The van der Waals surface area contributed by atoms with Crippen LogP contribution in [-0.2, 0) is 6.42 Å². The molecule has 1 N–H and O–H groups in total. The Morgan fingerprint density at radius 3 is 2.65 bits per heavy atom. The van der Waals surface area contributed by atoms with Gasteiger partial charge in [-0.25, -0.2) is 0 Å². The summed E-state index contributed by atoms with van der Waals surface area (Å²) < 4.78 is 3.02. The first-order valence-electron chi connectivity index (χ1n) is 6.95. The van der Waals surface area contributed by atoms with E-state index in [-0.39, 0.29) is 5.91 Å². The number of benzene rings is 1. The van der Waals surface area contributed by atoms with Crippen molar-refractivity contribution in [3.05, 3.63) is 52.3 Å². The molecule has 0 saturated heterocycles. The maximum Gasteiger partial charge on any atom is 0.272 e. The topological polar surface area (TPSA) is 34.0 Å². The molecule has 1 fully saturated rings. The number of aromatic nitrogens is 1. The molecule has 0 spiro atoms. The predicted molar refractivity (Wildman–Crippen MR) is 84.2 cm³/mol. The average molecular weight is 333 g/mol. The molecule has 20 heavy (non-hydrogen) atoms. The van der Waals surface area contributed by atoms with Crippen LogP contribution in [0.2, 0.25) is 0 Å². The van der Waals surface area contributed by atoms with Crippen LogP contribution in [0.4, 0.5) is 5.69 Å².